The summed E-state index contributed by atoms with van der Waals surface area (Å²) in [5.41, 5.74) is 9.17. The average molecular weight is 542 g/mol. The first-order valence-electron chi connectivity index (χ1n) is 10.2. The number of benzene rings is 2. The highest BCUT2D eigenvalue weighted by atomic mass is 125. The van der Waals surface area contributed by atoms with Gasteiger partial charge in [0.05, 0.1) is 0 Å². The molecule has 1 atom stereocenters. The lowest BCUT2D eigenvalue weighted by Crippen LogP contribution is -2.45. The highest BCUT2D eigenvalue weighted by molar-refractivity contribution is 14.1. The first kappa shape index (κ1) is 23.7. The predicted molar refractivity (Wildman–Crippen MR) is 132 cm³/mol. The summed E-state index contributed by atoms with van der Waals surface area (Å²) in [7, 11) is 0. The first-order valence-corrected chi connectivity index (χ1v) is 11.3. The van der Waals surface area contributed by atoms with Gasteiger partial charge in [0.15, 0.2) is 0 Å². The third kappa shape index (κ3) is 7.31. The van der Waals surface area contributed by atoms with Crippen LogP contribution >= 0.6 is 22.6 Å². The second-order valence-electron chi connectivity index (χ2n) is 7.36. The fourth-order valence-electron chi connectivity index (χ4n) is 3.12. The summed E-state index contributed by atoms with van der Waals surface area (Å²) in [5, 5.41) is 15.1. The van der Waals surface area contributed by atoms with Crippen LogP contribution in [0.2, 0.25) is 0 Å². The summed E-state index contributed by atoms with van der Waals surface area (Å²) in [6.07, 6.45) is 1.53. The van der Waals surface area contributed by atoms with E-state index < -0.39 is 12.0 Å². The van der Waals surface area contributed by atoms with E-state index in [0.717, 1.165) is 33.2 Å². The number of aryl methyl sites for hydroxylation is 2. The molecule has 8 heteroatoms. The Morgan fingerprint density at radius 1 is 0.969 bits per heavy atom. The van der Waals surface area contributed by atoms with Crippen molar-refractivity contribution in [2.24, 2.45) is 0 Å². The normalized spacial score (nSPS) is 11.7. The van der Waals surface area contributed by atoms with Crippen molar-refractivity contribution in [3.05, 3.63) is 92.7 Å². The highest BCUT2D eigenvalue weighted by Gasteiger charge is 2.18. The maximum absolute atomic E-state index is 12.5. The summed E-state index contributed by atoms with van der Waals surface area (Å²) < 4.78 is 1.11. The fourth-order valence-corrected chi connectivity index (χ4v) is 3.48. The van der Waals surface area contributed by atoms with Crippen molar-refractivity contribution in [3.63, 3.8) is 0 Å². The van der Waals surface area contributed by atoms with Gasteiger partial charge in [-0.05, 0) is 83.0 Å². The molecule has 0 unspecified atom stereocenters. The van der Waals surface area contributed by atoms with E-state index in [0.29, 0.717) is 17.9 Å². The molecule has 0 radical (unpaired) electrons. The van der Waals surface area contributed by atoms with Gasteiger partial charge in [-0.2, -0.15) is 0 Å². The number of carbonyl (C=O) groups is 2. The van der Waals surface area contributed by atoms with Gasteiger partial charge in [0.1, 0.15) is 11.9 Å². The lowest BCUT2D eigenvalue weighted by molar-refractivity contribution is -0.139. The van der Waals surface area contributed by atoms with Gasteiger partial charge < -0.3 is 16.2 Å². The van der Waals surface area contributed by atoms with Gasteiger partial charge in [-0.3, -0.25) is 14.9 Å². The Balaban J connectivity index is 1.49. The number of carboxylic acid groups (broad SMARTS) is 1. The summed E-state index contributed by atoms with van der Waals surface area (Å²) >= 11 is 2.22. The van der Waals surface area contributed by atoms with E-state index in [9.17, 15) is 14.7 Å². The molecular formula is C24H25IN4O3. The molecule has 0 aliphatic heterocycles. The minimum atomic E-state index is -1.01. The molecule has 1 aromatic heterocycles. The van der Waals surface area contributed by atoms with Gasteiger partial charge in [0.2, 0.25) is 0 Å². The number of hydrogen-bond acceptors (Lipinski definition) is 5. The van der Waals surface area contributed by atoms with Crippen LogP contribution in [-0.4, -0.2) is 34.6 Å². The van der Waals surface area contributed by atoms with Crippen molar-refractivity contribution < 1.29 is 14.7 Å². The number of anilines is 1. The molecule has 5 N–H and O–H groups in total. The number of nitrogen functional groups attached to an aromatic ring is 1. The van der Waals surface area contributed by atoms with Crippen molar-refractivity contribution in [1.82, 2.24) is 15.6 Å². The van der Waals surface area contributed by atoms with Crippen LogP contribution in [0.15, 0.2) is 66.7 Å². The predicted octanol–water partition coefficient (Wildman–Crippen LogP) is 3.03. The standard InChI is InChI=1S/C24H25IN4O3/c25-19-11-6-17(7-12-19)14-27-21(24(31)32)15-28-23(30)18-9-4-16(5-10-18)8-13-20-2-1-3-22(26)29-20/h1-7,9-12,21,27H,8,13-15H2,(H2,26,29)(H,28,30)(H,31,32)/t21-/m0/s1/i25-2. The molecule has 0 fully saturated rings. The van der Waals surface area contributed by atoms with E-state index in [2.05, 4.69) is 38.2 Å². The number of rotatable bonds is 10. The van der Waals surface area contributed by atoms with E-state index in [4.69, 9.17) is 5.73 Å². The maximum Gasteiger partial charge on any atom is 0.322 e. The van der Waals surface area contributed by atoms with Gasteiger partial charge in [-0.15, -0.1) is 0 Å². The number of hydrogen-bond donors (Lipinski definition) is 4. The number of carboxylic acids is 1. The van der Waals surface area contributed by atoms with E-state index in [-0.39, 0.29) is 12.5 Å². The number of nitrogens with one attached hydrogen (secondary N) is 2. The monoisotopic (exact) mass is 542 g/mol. The Hall–Kier alpha value is -2.98. The Morgan fingerprint density at radius 2 is 1.66 bits per heavy atom. The SMILES string of the molecule is Nc1cccc(CCc2ccc(C(=O)NC[C@H](NCc3ccc([125I])cc3)C(=O)O)cc2)n1. The molecule has 3 aromatic rings. The van der Waals surface area contributed by atoms with Gasteiger partial charge >= 0.3 is 5.97 Å². The van der Waals surface area contributed by atoms with Crippen molar-refractivity contribution in [2.45, 2.75) is 25.4 Å². The summed E-state index contributed by atoms with van der Waals surface area (Å²) in [4.78, 5) is 28.3. The molecule has 166 valence electrons. The van der Waals surface area contributed by atoms with Gasteiger partial charge in [0.25, 0.3) is 5.91 Å². The molecule has 32 heavy (non-hydrogen) atoms. The maximum atomic E-state index is 12.5. The number of nitrogens with zero attached hydrogens (tertiary/aromatic N) is 1. The van der Waals surface area contributed by atoms with Crippen molar-refractivity contribution in [2.75, 3.05) is 12.3 Å². The largest absolute Gasteiger partial charge is 0.480 e. The third-order valence-electron chi connectivity index (χ3n) is 4.94. The summed E-state index contributed by atoms with van der Waals surface area (Å²) in [6, 6.07) is 19.8. The van der Waals surface area contributed by atoms with Crippen LogP contribution < -0.4 is 16.4 Å². The molecule has 0 bridgehead atoms. The topological polar surface area (TPSA) is 117 Å². The second-order valence-corrected chi connectivity index (χ2v) is 8.60. The Morgan fingerprint density at radius 3 is 2.31 bits per heavy atom. The zero-order valence-corrected chi connectivity index (χ0v) is 19.6. The van der Waals surface area contributed by atoms with Crippen LogP contribution in [0.3, 0.4) is 0 Å². The molecule has 0 saturated heterocycles. The molecule has 3 rings (SSSR count). The van der Waals surface area contributed by atoms with Crippen LogP contribution in [0.4, 0.5) is 5.82 Å². The number of pyridine rings is 1. The first-order chi connectivity index (χ1) is 15.4. The van der Waals surface area contributed by atoms with E-state index in [1.807, 2.05) is 48.5 Å². The second kappa shape index (κ2) is 11.6. The van der Waals surface area contributed by atoms with Crippen LogP contribution in [0, 0.1) is 3.57 Å². The Labute approximate surface area is 200 Å². The van der Waals surface area contributed by atoms with E-state index >= 15 is 0 Å². The van der Waals surface area contributed by atoms with Crippen molar-refractivity contribution >= 4 is 40.3 Å². The number of carbonyl (C=O) groups excluding carboxylic acids is 1. The average Bonchev–Trinajstić information content (AvgIpc) is 2.79. The molecule has 1 heterocycles. The Kier molecular flexibility index (Phi) is 8.57. The van der Waals surface area contributed by atoms with Gasteiger partial charge in [-0.1, -0.05) is 30.3 Å². The third-order valence-corrected chi connectivity index (χ3v) is 5.66. The van der Waals surface area contributed by atoms with Crippen LogP contribution in [-0.2, 0) is 24.2 Å². The summed E-state index contributed by atoms with van der Waals surface area (Å²) in [5.74, 6) is -0.820. The molecule has 0 aliphatic rings. The van der Waals surface area contributed by atoms with Crippen LogP contribution in [0.5, 0.6) is 0 Å². The van der Waals surface area contributed by atoms with Crippen molar-refractivity contribution in [3.8, 4) is 0 Å². The molecule has 0 aliphatic carbocycles. The minimum absolute atomic E-state index is 0.0125. The molecule has 2 aromatic carbocycles. The van der Waals surface area contributed by atoms with Crippen molar-refractivity contribution in [1.29, 1.82) is 0 Å². The Bertz CT molecular complexity index is 1060. The molecule has 1 amide bonds. The fraction of sp³-hybridized carbons (Fsp3) is 0.208. The van der Waals surface area contributed by atoms with Crippen LogP contribution in [0.25, 0.3) is 0 Å². The van der Waals surface area contributed by atoms with E-state index in [1.165, 1.54) is 0 Å². The zero-order chi connectivity index (χ0) is 22.9. The molecule has 0 spiro atoms. The number of amides is 1. The number of aromatic nitrogens is 1. The number of halogens is 1. The quantitative estimate of drug-likeness (QED) is 0.293. The smallest absolute Gasteiger partial charge is 0.322 e. The lowest BCUT2D eigenvalue weighted by atomic mass is 10.1. The molecule has 7 nitrogen and oxygen atoms in total. The number of nitrogens with two attached hydrogens (primary N) is 1. The lowest BCUT2D eigenvalue weighted by Gasteiger charge is -2.15. The van der Waals surface area contributed by atoms with Crippen LogP contribution in [0.1, 0.15) is 27.2 Å². The molecule has 0 saturated carbocycles. The molecular weight excluding hydrogens is 517 g/mol. The van der Waals surface area contributed by atoms with Gasteiger partial charge in [0, 0.05) is 27.9 Å². The zero-order valence-electron chi connectivity index (χ0n) is 17.4. The number of aliphatic carboxylic acids is 1. The minimum Gasteiger partial charge on any atom is -0.480 e. The summed E-state index contributed by atoms with van der Waals surface area (Å²) in [6.45, 7) is 0.391. The highest BCUT2D eigenvalue weighted by Crippen LogP contribution is 2.10. The van der Waals surface area contributed by atoms with Gasteiger partial charge in [-0.25, -0.2) is 4.98 Å². The van der Waals surface area contributed by atoms with E-state index in [1.54, 1.807) is 18.2 Å².